The van der Waals surface area contributed by atoms with Crippen LogP contribution in [-0.4, -0.2) is 31.6 Å². The minimum absolute atomic E-state index is 0.630. The van der Waals surface area contributed by atoms with E-state index in [0.29, 0.717) is 12.0 Å². The first kappa shape index (κ1) is 14.8. The number of rotatable bonds is 5. The molecule has 1 aromatic rings. The molecule has 0 heterocycles. The van der Waals surface area contributed by atoms with Crippen LogP contribution >= 0.6 is 15.9 Å². The van der Waals surface area contributed by atoms with Gasteiger partial charge in [0.25, 0.3) is 0 Å². The minimum atomic E-state index is 0.630. The molecule has 2 rings (SSSR count). The van der Waals surface area contributed by atoms with Crippen molar-refractivity contribution in [1.29, 1.82) is 0 Å². The molecule has 2 N–H and O–H groups in total. The number of halogens is 1. The van der Waals surface area contributed by atoms with E-state index in [9.17, 15) is 0 Å². The third kappa shape index (κ3) is 3.50. The lowest BCUT2D eigenvalue weighted by atomic mass is 10.0. The molecule has 0 bridgehead atoms. The summed E-state index contributed by atoms with van der Waals surface area (Å²) in [7, 11) is 3.90. The smallest absolute Gasteiger partial charge is 0.133 e. The summed E-state index contributed by atoms with van der Waals surface area (Å²) in [6.45, 7) is 1.77. The van der Waals surface area contributed by atoms with Crippen molar-refractivity contribution in [3.05, 3.63) is 28.2 Å². The van der Waals surface area contributed by atoms with Crippen LogP contribution < -0.4 is 10.5 Å². The zero-order chi connectivity index (χ0) is 13.8. The molecule has 0 aromatic heterocycles. The quantitative estimate of drug-likeness (QED) is 0.903. The number of nitrogens with zero attached hydrogens (tertiary/aromatic N) is 1. The van der Waals surface area contributed by atoms with E-state index in [1.54, 1.807) is 7.11 Å². The van der Waals surface area contributed by atoms with Crippen LogP contribution in [0, 0.1) is 5.92 Å². The molecule has 2 unspecified atom stereocenters. The Hall–Kier alpha value is -0.580. The van der Waals surface area contributed by atoms with Crippen molar-refractivity contribution in [3.8, 4) is 5.75 Å². The second-order valence-electron chi connectivity index (χ2n) is 5.38. The maximum absolute atomic E-state index is 5.87. The maximum Gasteiger partial charge on any atom is 0.133 e. The van der Waals surface area contributed by atoms with Crippen LogP contribution in [0.25, 0.3) is 0 Å². The Morgan fingerprint density at radius 2 is 2.21 bits per heavy atom. The summed E-state index contributed by atoms with van der Waals surface area (Å²) in [5, 5.41) is 0. The highest BCUT2D eigenvalue weighted by atomic mass is 79.9. The third-order valence-corrected chi connectivity index (χ3v) is 4.76. The van der Waals surface area contributed by atoms with Crippen LogP contribution in [0.15, 0.2) is 22.7 Å². The number of methoxy groups -OCH3 is 1. The van der Waals surface area contributed by atoms with Crippen molar-refractivity contribution < 1.29 is 4.74 Å². The van der Waals surface area contributed by atoms with E-state index in [4.69, 9.17) is 10.5 Å². The van der Waals surface area contributed by atoms with E-state index in [-0.39, 0.29) is 0 Å². The molecule has 0 aliphatic heterocycles. The molecular weight excluding hydrogens is 304 g/mol. The lowest BCUT2D eigenvalue weighted by Gasteiger charge is -2.29. The summed E-state index contributed by atoms with van der Waals surface area (Å²) in [6, 6.07) is 6.92. The molecule has 0 saturated heterocycles. The second kappa shape index (κ2) is 6.73. The molecule has 1 aliphatic carbocycles. The first-order valence-corrected chi connectivity index (χ1v) is 7.67. The van der Waals surface area contributed by atoms with Gasteiger partial charge in [0.1, 0.15) is 5.75 Å². The predicted octanol–water partition coefficient (Wildman–Crippen LogP) is 3.02. The van der Waals surface area contributed by atoms with Crippen LogP contribution in [0.5, 0.6) is 5.75 Å². The van der Waals surface area contributed by atoms with Gasteiger partial charge in [-0.05, 0) is 66.0 Å². The molecule has 1 saturated carbocycles. The SMILES string of the molecule is COc1ccc(CN(C)C2CCCC2CN)cc1Br. The Kier molecular flexibility index (Phi) is 5.25. The number of ether oxygens (including phenoxy) is 1. The van der Waals surface area contributed by atoms with Crippen molar-refractivity contribution >= 4 is 15.9 Å². The average molecular weight is 327 g/mol. The van der Waals surface area contributed by atoms with Crippen molar-refractivity contribution in [1.82, 2.24) is 4.90 Å². The molecule has 1 fully saturated rings. The van der Waals surface area contributed by atoms with Crippen LogP contribution in [0.4, 0.5) is 0 Å². The Labute approximate surface area is 124 Å². The van der Waals surface area contributed by atoms with Gasteiger partial charge in [0.05, 0.1) is 11.6 Å². The summed E-state index contributed by atoms with van der Waals surface area (Å²) >= 11 is 3.54. The zero-order valence-corrected chi connectivity index (χ0v) is 13.3. The Bertz CT molecular complexity index is 425. The molecule has 1 aromatic carbocycles. The summed E-state index contributed by atoms with van der Waals surface area (Å²) in [6.07, 6.45) is 3.86. The first-order valence-electron chi connectivity index (χ1n) is 6.88. The van der Waals surface area contributed by atoms with Gasteiger partial charge >= 0.3 is 0 Å². The van der Waals surface area contributed by atoms with Crippen molar-refractivity contribution in [2.24, 2.45) is 11.7 Å². The van der Waals surface area contributed by atoms with Crippen LogP contribution in [0.3, 0.4) is 0 Å². The Balaban J connectivity index is 2.02. The number of hydrogen-bond acceptors (Lipinski definition) is 3. The monoisotopic (exact) mass is 326 g/mol. The molecular formula is C15H23BrN2O. The predicted molar refractivity (Wildman–Crippen MR) is 82.3 cm³/mol. The Morgan fingerprint density at radius 3 is 2.84 bits per heavy atom. The highest BCUT2D eigenvalue weighted by Crippen LogP contribution is 2.30. The van der Waals surface area contributed by atoms with Crippen molar-refractivity contribution in [2.45, 2.75) is 31.8 Å². The van der Waals surface area contributed by atoms with Gasteiger partial charge < -0.3 is 10.5 Å². The lowest BCUT2D eigenvalue weighted by Crippen LogP contribution is -2.37. The molecule has 4 heteroatoms. The van der Waals surface area contributed by atoms with E-state index in [1.165, 1.54) is 24.8 Å². The molecule has 106 valence electrons. The van der Waals surface area contributed by atoms with Gasteiger partial charge in [-0.25, -0.2) is 0 Å². The van der Waals surface area contributed by atoms with Gasteiger partial charge in [-0.2, -0.15) is 0 Å². The molecule has 0 amide bonds. The summed E-state index contributed by atoms with van der Waals surface area (Å²) in [4.78, 5) is 2.44. The van der Waals surface area contributed by atoms with Gasteiger partial charge in [0.15, 0.2) is 0 Å². The fourth-order valence-corrected chi connectivity index (χ4v) is 3.67. The van der Waals surface area contributed by atoms with Gasteiger partial charge in [-0.1, -0.05) is 12.5 Å². The normalized spacial score (nSPS) is 23.0. The van der Waals surface area contributed by atoms with Gasteiger partial charge in [-0.3, -0.25) is 4.90 Å². The first-order chi connectivity index (χ1) is 9.15. The third-order valence-electron chi connectivity index (χ3n) is 4.14. The molecule has 0 spiro atoms. The minimum Gasteiger partial charge on any atom is -0.496 e. The van der Waals surface area contributed by atoms with Gasteiger partial charge in [-0.15, -0.1) is 0 Å². The summed E-state index contributed by atoms with van der Waals surface area (Å²) < 4.78 is 6.28. The highest BCUT2D eigenvalue weighted by molar-refractivity contribution is 9.10. The van der Waals surface area contributed by atoms with E-state index >= 15 is 0 Å². The lowest BCUT2D eigenvalue weighted by molar-refractivity contribution is 0.193. The molecule has 19 heavy (non-hydrogen) atoms. The molecule has 1 aliphatic rings. The zero-order valence-electron chi connectivity index (χ0n) is 11.7. The average Bonchev–Trinajstić information content (AvgIpc) is 2.87. The van der Waals surface area contributed by atoms with Crippen LogP contribution in [-0.2, 0) is 6.54 Å². The molecule has 3 nitrogen and oxygen atoms in total. The maximum atomic E-state index is 5.87. The van der Waals surface area contributed by atoms with Crippen LogP contribution in [0.2, 0.25) is 0 Å². The second-order valence-corrected chi connectivity index (χ2v) is 6.23. The van der Waals surface area contributed by atoms with Gasteiger partial charge in [0, 0.05) is 12.6 Å². The topological polar surface area (TPSA) is 38.5 Å². The van der Waals surface area contributed by atoms with Crippen LogP contribution in [0.1, 0.15) is 24.8 Å². The van der Waals surface area contributed by atoms with E-state index in [0.717, 1.165) is 23.3 Å². The summed E-state index contributed by atoms with van der Waals surface area (Å²) in [5.41, 5.74) is 7.17. The number of hydrogen-bond donors (Lipinski definition) is 1. The van der Waals surface area contributed by atoms with Crippen molar-refractivity contribution in [2.75, 3.05) is 20.7 Å². The van der Waals surface area contributed by atoms with E-state index in [1.807, 2.05) is 6.07 Å². The fourth-order valence-electron chi connectivity index (χ4n) is 3.09. The number of nitrogens with two attached hydrogens (primary N) is 1. The fraction of sp³-hybridized carbons (Fsp3) is 0.600. The molecule has 0 radical (unpaired) electrons. The summed E-state index contributed by atoms with van der Waals surface area (Å²) in [5.74, 6) is 1.54. The number of benzene rings is 1. The van der Waals surface area contributed by atoms with Crippen molar-refractivity contribution in [3.63, 3.8) is 0 Å². The Morgan fingerprint density at radius 1 is 1.42 bits per heavy atom. The standard InChI is InChI=1S/C15H23BrN2O/c1-18(14-5-3-4-12(14)9-17)10-11-6-7-15(19-2)13(16)8-11/h6-8,12,14H,3-5,9-10,17H2,1-2H3. The molecule has 2 atom stereocenters. The largest absolute Gasteiger partial charge is 0.496 e. The highest BCUT2D eigenvalue weighted by Gasteiger charge is 2.29. The van der Waals surface area contributed by atoms with E-state index in [2.05, 4.69) is 40.0 Å². The van der Waals surface area contributed by atoms with Gasteiger partial charge in [0.2, 0.25) is 0 Å². The van der Waals surface area contributed by atoms with E-state index < -0.39 is 0 Å².